The zero-order valence-electron chi connectivity index (χ0n) is 18.2. The Kier molecular flexibility index (Phi) is 8.64. The molecule has 0 atom stereocenters. The zero-order chi connectivity index (χ0) is 27.0. The number of carboxylic acid groups (broad SMARTS) is 3. The van der Waals surface area contributed by atoms with Crippen LogP contribution in [0.25, 0.3) is 10.8 Å². The smallest absolute Gasteiger partial charge is 0.339 e. The quantitative estimate of drug-likeness (QED) is 0.204. The van der Waals surface area contributed by atoms with Crippen LogP contribution in [0.15, 0.2) is 72.8 Å². The van der Waals surface area contributed by atoms with Crippen LogP contribution in [-0.2, 0) is 0 Å². The van der Waals surface area contributed by atoms with Crippen LogP contribution in [0.3, 0.4) is 0 Å². The van der Waals surface area contributed by atoms with Crippen molar-refractivity contribution in [3.63, 3.8) is 0 Å². The van der Waals surface area contributed by atoms with E-state index in [0.29, 0.717) is 0 Å². The van der Waals surface area contributed by atoms with Crippen molar-refractivity contribution in [1.82, 2.24) is 0 Å². The van der Waals surface area contributed by atoms with E-state index in [2.05, 4.69) is 0 Å². The van der Waals surface area contributed by atoms with Gasteiger partial charge in [-0.15, -0.1) is 0 Å². The molecule has 0 unspecified atom stereocenters. The summed E-state index contributed by atoms with van der Waals surface area (Å²) in [6.45, 7) is 0. The van der Waals surface area contributed by atoms with Gasteiger partial charge in [0.1, 0.15) is 34.3 Å². The van der Waals surface area contributed by atoms with Crippen molar-refractivity contribution < 1.29 is 55.2 Å². The maximum atomic E-state index is 10.7. The second kappa shape index (κ2) is 11.6. The number of benzene rings is 4. The van der Waals surface area contributed by atoms with Crippen LogP contribution in [0.2, 0.25) is 0 Å². The number of fused-ring (bicyclic) bond motifs is 1. The van der Waals surface area contributed by atoms with Crippen LogP contribution >= 0.6 is 0 Å². The van der Waals surface area contributed by atoms with Crippen LogP contribution in [0, 0.1) is 0 Å². The molecule has 4 rings (SSSR count). The summed E-state index contributed by atoms with van der Waals surface area (Å²) in [6, 6.07) is 16.6. The van der Waals surface area contributed by atoms with E-state index in [-0.39, 0.29) is 45.4 Å². The average Bonchev–Trinajstić information content (AvgIpc) is 2.78. The fraction of sp³-hybridized carbons (Fsp3) is 0. The van der Waals surface area contributed by atoms with Gasteiger partial charge in [0.25, 0.3) is 0 Å². The number of aromatic carboxylic acids is 3. The Morgan fingerprint density at radius 3 is 1.17 bits per heavy atom. The fourth-order valence-electron chi connectivity index (χ4n) is 2.84. The monoisotopic (exact) mass is 496 g/mol. The molecule has 0 bridgehead atoms. The first-order valence-corrected chi connectivity index (χ1v) is 9.85. The van der Waals surface area contributed by atoms with Crippen molar-refractivity contribution in [1.29, 1.82) is 0 Å². The van der Waals surface area contributed by atoms with E-state index in [9.17, 15) is 19.5 Å². The predicted octanol–water partition coefficient (Wildman–Crippen LogP) is 3.84. The molecule has 4 aromatic carbocycles. The minimum absolute atomic E-state index is 0.0660. The summed E-state index contributed by atoms with van der Waals surface area (Å²) in [5.41, 5.74) is -0.339. The molecule has 0 aliphatic carbocycles. The largest absolute Gasteiger partial charge is 0.508 e. The van der Waals surface area contributed by atoms with Crippen LogP contribution < -0.4 is 0 Å². The van der Waals surface area contributed by atoms with Crippen LogP contribution in [0.5, 0.6) is 28.7 Å². The summed E-state index contributed by atoms with van der Waals surface area (Å²) in [5, 5.41) is 71.9. The van der Waals surface area contributed by atoms with Crippen molar-refractivity contribution >= 4 is 28.7 Å². The van der Waals surface area contributed by atoms with Gasteiger partial charge < -0.3 is 40.9 Å². The Labute approximate surface area is 202 Å². The van der Waals surface area contributed by atoms with Crippen LogP contribution in [0.4, 0.5) is 0 Å². The molecule has 0 aliphatic heterocycles. The molecule has 11 heteroatoms. The second-order valence-electron chi connectivity index (χ2n) is 7.11. The van der Waals surface area contributed by atoms with Crippen molar-refractivity contribution in [3.05, 3.63) is 89.5 Å². The number of aromatic hydroxyl groups is 5. The highest BCUT2D eigenvalue weighted by molar-refractivity contribution is 5.97. The van der Waals surface area contributed by atoms with E-state index in [0.717, 1.165) is 47.2 Å². The third kappa shape index (κ3) is 7.56. The van der Waals surface area contributed by atoms with Gasteiger partial charge in [0.05, 0.1) is 11.1 Å². The molecule has 0 saturated heterocycles. The molecule has 11 nitrogen and oxygen atoms in total. The lowest BCUT2D eigenvalue weighted by Gasteiger charge is -2.02. The van der Waals surface area contributed by atoms with Gasteiger partial charge >= 0.3 is 17.9 Å². The van der Waals surface area contributed by atoms with E-state index in [4.69, 9.17) is 35.7 Å². The highest BCUT2D eigenvalue weighted by Crippen LogP contribution is 2.25. The van der Waals surface area contributed by atoms with E-state index >= 15 is 0 Å². The lowest BCUT2D eigenvalue weighted by atomic mass is 10.1. The van der Waals surface area contributed by atoms with Gasteiger partial charge in [-0.3, -0.25) is 0 Å². The SMILES string of the molecule is O=C(O)c1cc(O)cc(O)c1.O=C(O)c1cc(O)cc(O)c1.O=C(O)c1cc2ccccc2cc1O. The van der Waals surface area contributed by atoms with Gasteiger partial charge in [0.2, 0.25) is 0 Å². The molecule has 0 amide bonds. The Hall–Kier alpha value is -5.45. The van der Waals surface area contributed by atoms with E-state index in [1.54, 1.807) is 6.07 Å². The summed E-state index contributed by atoms with van der Waals surface area (Å²) >= 11 is 0. The number of hydrogen-bond acceptors (Lipinski definition) is 8. The molecule has 0 aromatic heterocycles. The fourth-order valence-corrected chi connectivity index (χ4v) is 2.84. The molecule has 0 radical (unpaired) electrons. The normalized spacial score (nSPS) is 9.78. The van der Waals surface area contributed by atoms with Crippen LogP contribution in [0.1, 0.15) is 31.1 Å². The maximum Gasteiger partial charge on any atom is 0.339 e. The minimum atomic E-state index is -1.18. The first-order valence-electron chi connectivity index (χ1n) is 9.85. The molecule has 8 N–H and O–H groups in total. The maximum absolute atomic E-state index is 10.7. The molecule has 0 saturated carbocycles. The summed E-state index contributed by atoms with van der Waals surface area (Å²) in [4.78, 5) is 31.3. The van der Waals surface area contributed by atoms with Gasteiger partial charge in [-0.2, -0.15) is 0 Å². The van der Waals surface area contributed by atoms with Crippen LogP contribution in [-0.4, -0.2) is 58.8 Å². The van der Waals surface area contributed by atoms with Crippen molar-refractivity contribution in [2.24, 2.45) is 0 Å². The number of rotatable bonds is 3. The molecule has 186 valence electrons. The topological polar surface area (TPSA) is 213 Å². The third-order valence-electron chi connectivity index (χ3n) is 4.39. The number of phenolic OH excluding ortho intramolecular Hbond substituents is 4. The highest BCUT2D eigenvalue weighted by Gasteiger charge is 2.10. The average molecular weight is 496 g/mol. The summed E-state index contributed by atoms with van der Waals surface area (Å²) < 4.78 is 0. The van der Waals surface area contributed by atoms with Gasteiger partial charge in [-0.1, -0.05) is 24.3 Å². The first kappa shape index (κ1) is 26.8. The molecule has 0 aliphatic rings. The summed E-state index contributed by atoms with van der Waals surface area (Å²) in [6.07, 6.45) is 0. The molecule has 0 fully saturated rings. The summed E-state index contributed by atoms with van der Waals surface area (Å²) in [7, 11) is 0. The Balaban J connectivity index is 0.000000193. The number of carboxylic acids is 3. The molecule has 0 spiro atoms. The Bertz CT molecular complexity index is 1330. The standard InChI is InChI=1S/C11H8O3.2C7H6O4/c12-10-6-8-4-2-1-3-7(8)5-9(10)11(13)14;2*8-5-1-4(7(10)11)2-6(9)3-5/h1-6,12H,(H,13,14);2*1-3,8-9H,(H,10,11). The van der Waals surface area contributed by atoms with Gasteiger partial charge in [0, 0.05) is 12.1 Å². The lowest BCUT2D eigenvalue weighted by Crippen LogP contribution is -1.96. The third-order valence-corrected chi connectivity index (χ3v) is 4.39. The van der Waals surface area contributed by atoms with E-state index < -0.39 is 17.9 Å². The predicted molar refractivity (Wildman–Crippen MR) is 126 cm³/mol. The zero-order valence-corrected chi connectivity index (χ0v) is 18.2. The molecular formula is C25H20O11. The lowest BCUT2D eigenvalue weighted by molar-refractivity contribution is 0.0683. The Morgan fingerprint density at radius 1 is 0.472 bits per heavy atom. The molecule has 4 aromatic rings. The van der Waals surface area contributed by atoms with Crippen molar-refractivity contribution in [3.8, 4) is 28.7 Å². The minimum Gasteiger partial charge on any atom is -0.508 e. The van der Waals surface area contributed by atoms with E-state index in [1.165, 1.54) is 12.1 Å². The van der Waals surface area contributed by atoms with Crippen molar-refractivity contribution in [2.75, 3.05) is 0 Å². The summed E-state index contributed by atoms with van der Waals surface area (Å²) in [5.74, 6) is -4.73. The molecular weight excluding hydrogens is 476 g/mol. The van der Waals surface area contributed by atoms with Gasteiger partial charge in [-0.25, -0.2) is 14.4 Å². The second-order valence-corrected chi connectivity index (χ2v) is 7.11. The molecule has 0 heterocycles. The van der Waals surface area contributed by atoms with Gasteiger partial charge in [-0.05, 0) is 47.2 Å². The molecule has 36 heavy (non-hydrogen) atoms. The van der Waals surface area contributed by atoms with E-state index in [1.807, 2.05) is 18.2 Å². The number of carbonyl (C=O) groups is 3. The highest BCUT2D eigenvalue weighted by atomic mass is 16.4. The number of hydrogen-bond donors (Lipinski definition) is 8. The van der Waals surface area contributed by atoms with Crippen molar-refractivity contribution in [2.45, 2.75) is 0 Å². The number of phenols is 5. The first-order chi connectivity index (χ1) is 16.9. The Morgan fingerprint density at radius 2 is 0.833 bits per heavy atom. The van der Waals surface area contributed by atoms with Gasteiger partial charge in [0.15, 0.2) is 0 Å².